The van der Waals surface area contributed by atoms with E-state index in [-0.39, 0.29) is 11.2 Å². The highest BCUT2D eigenvalue weighted by molar-refractivity contribution is 8.02. The lowest BCUT2D eigenvalue weighted by Crippen LogP contribution is -2.22. The van der Waals surface area contributed by atoms with E-state index in [1.165, 1.54) is 34.4 Å². The van der Waals surface area contributed by atoms with Crippen molar-refractivity contribution >= 4 is 50.6 Å². The molecule has 6 nitrogen and oxygen atoms in total. The topological polar surface area (TPSA) is 79.8 Å². The molecule has 3 aromatic rings. The third-order valence-corrected chi connectivity index (χ3v) is 6.08. The first kappa shape index (κ1) is 18.6. The van der Waals surface area contributed by atoms with Gasteiger partial charge in [-0.3, -0.25) is 4.79 Å². The lowest BCUT2D eigenvalue weighted by Gasteiger charge is -2.07. The summed E-state index contributed by atoms with van der Waals surface area (Å²) in [5.74, 6) is -0.111. The van der Waals surface area contributed by atoms with Gasteiger partial charge in [0.05, 0.1) is 10.9 Å². The maximum atomic E-state index is 12.4. The number of aromatic nitrogens is 3. The third kappa shape index (κ3) is 4.90. The molecule has 2 heterocycles. The van der Waals surface area contributed by atoms with Gasteiger partial charge in [0.25, 0.3) is 0 Å². The summed E-state index contributed by atoms with van der Waals surface area (Å²) in [4.78, 5) is 16.9. The smallest absolute Gasteiger partial charge is 0.239 e. The van der Waals surface area contributed by atoms with Crippen molar-refractivity contribution in [1.29, 1.82) is 0 Å². The summed E-state index contributed by atoms with van der Waals surface area (Å²) in [5.41, 5.74) is 1.88. The lowest BCUT2D eigenvalue weighted by molar-refractivity contribution is -0.115. The van der Waals surface area contributed by atoms with Crippen LogP contribution in [0.2, 0.25) is 0 Å². The summed E-state index contributed by atoms with van der Waals surface area (Å²) >= 11 is 4.20. The number of benzene rings is 1. The van der Waals surface area contributed by atoms with Crippen LogP contribution < -0.4 is 10.6 Å². The van der Waals surface area contributed by atoms with Crippen molar-refractivity contribution in [3.8, 4) is 11.3 Å². The third-order valence-electron chi connectivity index (χ3n) is 3.25. The van der Waals surface area contributed by atoms with Crippen LogP contribution in [-0.2, 0) is 4.79 Å². The van der Waals surface area contributed by atoms with E-state index in [2.05, 4.69) is 32.4 Å². The van der Waals surface area contributed by atoms with Gasteiger partial charge in [-0.15, -0.1) is 28.1 Å². The molecule has 2 N–H and O–H groups in total. The average molecular weight is 404 g/mol. The van der Waals surface area contributed by atoms with Gasteiger partial charge in [0.15, 0.2) is 9.47 Å². The summed E-state index contributed by atoms with van der Waals surface area (Å²) in [5, 5.41) is 17.0. The molecule has 0 saturated heterocycles. The fourth-order valence-electron chi connectivity index (χ4n) is 1.97. The number of hydrogen-bond acceptors (Lipinski definition) is 8. The minimum atomic E-state index is -0.306. The molecule has 0 aliphatic carbocycles. The number of nitrogens with one attached hydrogen (secondary N) is 2. The summed E-state index contributed by atoms with van der Waals surface area (Å²) in [6.45, 7) is 6.11. The Labute approximate surface area is 163 Å². The second-order valence-corrected chi connectivity index (χ2v) is 8.62. The van der Waals surface area contributed by atoms with Crippen molar-refractivity contribution in [1.82, 2.24) is 15.2 Å². The molecule has 0 aliphatic rings. The van der Waals surface area contributed by atoms with Crippen molar-refractivity contribution in [2.75, 3.05) is 17.2 Å². The molecule has 2 aromatic heterocycles. The summed E-state index contributed by atoms with van der Waals surface area (Å²) in [6.07, 6.45) is 1.75. The molecule has 0 spiro atoms. The number of anilines is 2. The Hall–Kier alpha value is -2.23. The highest BCUT2D eigenvalue weighted by atomic mass is 32.2. The zero-order chi connectivity index (χ0) is 18.4. The van der Waals surface area contributed by atoms with Gasteiger partial charge >= 0.3 is 0 Å². The molecular weight excluding hydrogens is 386 g/mol. The molecule has 0 saturated carbocycles. The van der Waals surface area contributed by atoms with Gasteiger partial charge in [-0.2, -0.15) is 0 Å². The molecule has 134 valence electrons. The van der Waals surface area contributed by atoms with Crippen LogP contribution in [-0.4, -0.2) is 32.9 Å². The van der Waals surface area contributed by atoms with Gasteiger partial charge < -0.3 is 10.6 Å². The predicted molar refractivity (Wildman–Crippen MR) is 110 cm³/mol. The number of nitrogens with zero attached hydrogens (tertiary/aromatic N) is 3. The van der Waals surface area contributed by atoms with Crippen LogP contribution in [0.4, 0.5) is 10.3 Å². The molecule has 26 heavy (non-hydrogen) atoms. The van der Waals surface area contributed by atoms with Gasteiger partial charge in [-0.05, 0) is 6.92 Å². The summed E-state index contributed by atoms with van der Waals surface area (Å²) < 4.78 is 0.739. The molecule has 0 radical (unpaired) electrons. The number of thiazole rings is 1. The highest BCUT2D eigenvalue weighted by Gasteiger charge is 2.18. The molecule has 0 aliphatic heterocycles. The second kappa shape index (κ2) is 8.93. The van der Waals surface area contributed by atoms with Gasteiger partial charge in [-0.1, -0.05) is 59.5 Å². The number of thioether (sulfide) groups is 1. The molecule has 0 fully saturated rings. The standard InChI is InChI=1S/C17H17N5OS3/c1-3-9-18-15-21-22-17(26-15)25-11(2)14(23)20-16-19-13(10-24-16)12-7-5-4-6-8-12/h3-8,10-11H,1,9H2,2H3,(H,18,21)(H,19,20,23). The molecule has 3 rings (SSSR count). The van der Waals surface area contributed by atoms with E-state index in [1.807, 2.05) is 42.6 Å². The zero-order valence-corrected chi connectivity index (χ0v) is 16.5. The quantitative estimate of drug-likeness (QED) is 0.429. The Kier molecular flexibility index (Phi) is 6.37. The van der Waals surface area contributed by atoms with Crippen LogP contribution in [0, 0.1) is 0 Å². The Morgan fingerprint density at radius 1 is 1.31 bits per heavy atom. The molecule has 9 heteroatoms. The van der Waals surface area contributed by atoms with Crippen LogP contribution in [0.15, 0.2) is 52.7 Å². The second-order valence-electron chi connectivity index (χ2n) is 5.20. The van der Waals surface area contributed by atoms with Crippen molar-refractivity contribution in [3.63, 3.8) is 0 Å². The molecule has 1 atom stereocenters. The van der Waals surface area contributed by atoms with Gasteiger partial charge in [0, 0.05) is 17.5 Å². The average Bonchev–Trinajstić information content (AvgIpc) is 3.30. The normalized spacial score (nSPS) is 11.7. The van der Waals surface area contributed by atoms with Crippen LogP contribution in [0.25, 0.3) is 11.3 Å². The SMILES string of the molecule is C=CCNc1nnc(SC(C)C(=O)Nc2nc(-c3ccccc3)cs2)s1. The fraction of sp³-hybridized carbons (Fsp3) is 0.176. The highest BCUT2D eigenvalue weighted by Crippen LogP contribution is 2.30. The summed E-state index contributed by atoms with van der Waals surface area (Å²) in [6, 6.07) is 9.88. The number of hydrogen-bond donors (Lipinski definition) is 2. The van der Waals surface area contributed by atoms with E-state index >= 15 is 0 Å². The number of carbonyl (C=O) groups excluding carboxylic acids is 1. The lowest BCUT2D eigenvalue weighted by atomic mass is 10.2. The number of rotatable bonds is 8. The van der Waals surface area contributed by atoms with Gasteiger partial charge in [0.2, 0.25) is 11.0 Å². The van der Waals surface area contributed by atoms with E-state index in [0.717, 1.165) is 15.6 Å². The minimum Gasteiger partial charge on any atom is -0.357 e. The maximum absolute atomic E-state index is 12.4. The fourth-order valence-corrected chi connectivity index (χ4v) is 4.60. The Bertz CT molecular complexity index is 877. The monoisotopic (exact) mass is 403 g/mol. The van der Waals surface area contributed by atoms with E-state index < -0.39 is 0 Å². The van der Waals surface area contributed by atoms with Crippen molar-refractivity contribution < 1.29 is 4.79 Å². The van der Waals surface area contributed by atoms with E-state index in [1.54, 1.807) is 6.08 Å². The first-order chi connectivity index (χ1) is 12.7. The number of carbonyl (C=O) groups is 1. The van der Waals surface area contributed by atoms with Crippen LogP contribution in [0.5, 0.6) is 0 Å². The molecule has 1 aromatic carbocycles. The van der Waals surface area contributed by atoms with Crippen LogP contribution in [0.3, 0.4) is 0 Å². The van der Waals surface area contributed by atoms with Crippen molar-refractivity contribution in [2.24, 2.45) is 0 Å². The van der Waals surface area contributed by atoms with Crippen molar-refractivity contribution in [2.45, 2.75) is 16.5 Å². The van der Waals surface area contributed by atoms with Crippen LogP contribution >= 0.6 is 34.4 Å². The Balaban J connectivity index is 1.57. The van der Waals surface area contributed by atoms with E-state index in [4.69, 9.17) is 0 Å². The molecular formula is C17H17N5OS3. The summed E-state index contributed by atoms with van der Waals surface area (Å²) in [7, 11) is 0. The Morgan fingerprint density at radius 2 is 2.12 bits per heavy atom. The Morgan fingerprint density at radius 3 is 2.88 bits per heavy atom. The molecule has 1 amide bonds. The first-order valence-corrected chi connectivity index (χ1v) is 10.4. The zero-order valence-electron chi connectivity index (χ0n) is 14.0. The van der Waals surface area contributed by atoms with Gasteiger partial charge in [0.1, 0.15) is 0 Å². The van der Waals surface area contributed by atoms with E-state index in [0.29, 0.717) is 16.8 Å². The van der Waals surface area contributed by atoms with E-state index in [9.17, 15) is 4.79 Å². The maximum Gasteiger partial charge on any atom is 0.239 e. The van der Waals surface area contributed by atoms with Crippen LogP contribution in [0.1, 0.15) is 6.92 Å². The minimum absolute atomic E-state index is 0.111. The van der Waals surface area contributed by atoms with Crippen molar-refractivity contribution in [3.05, 3.63) is 48.4 Å². The molecule has 0 bridgehead atoms. The predicted octanol–water partition coefficient (Wildman–Crippen LogP) is 4.38. The van der Waals surface area contributed by atoms with Gasteiger partial charge in [-0.25, -0.2) is 4.98 Å². The largest absolute Gasteiger partial charge is 0.357 e. The first-order valence-electron chi connectivity index (χ1n) is 7.82. The molecule has 1 unspecified atom stereocenters. The number of amides is 1.